The molecule has 1 saturated heterocycles. The average Bonchev–Trinajstić information content (AvgIpc) is 3.09. The molecule has 34 heavy (non-hydrogen) atoms. The summed E-state index contributed by atoms with van der Waals surface area (Å²) < 4.78 is 10.8. The average molecular weight is 459 g/mol. The number of methoxy groups -OCH3 is 2. The van der Waals surface area contributed by atoms with Crippen molar-refractivity contribution in [1.29, 1.82) is 0 Å². The molecule has 1 fully saturated rings. The number of phenolic OH excluding ortho intramolecular Hbond substituents is 1. The SMILES string of the molecule is COc1ccc(C2/C(=C(\O)c3cc(C)cc(C)c3OC)C(=O)C(=O)N2c2ccccc2O)cc1. The van der Waals surface area contributed by atoms with E-state index in [1.807, 2.05) is 19.9 Å². The van der Waals surface area contributed by atoms with Gasteiger partial charge >= 0.3 is 0 Å². The van der Waals surface area contributed by atoms with Gasteiger partial charge in [-0.2, -0.15) is 0 Å². The Hall–Kier alpha value is -4.26. The molecule has 2 N–H and O–H groups in total. The lowest BCUT2D eigenvalue weighted by Gasteiger charge is -2.26. The quantitative estimate of drug-likeness (QED) is 0.328. The largest absolute Gasteiger partial charge is 0.507 e. The van der Waals surface area contributed by atoms with Crippen LogP contribution in [0, 0.1) is 13.8 Å². The van der Waals surface area contributed by atoms with Gasteiger partial charge in [0.2, 0.25) is 0 Å². The summed E-state index contributed by atoms with van der Waals surface area (Å²) in [6.45, 7) is 3.70. The van der Waals surface area contributed by atoms with Crippen molar-refractivity contribution in [1.82, 2.24) is 0 Å². The first-order chi connectivity index (χ1) is 16.3. The van der Waals surface area contributed by atoms with Crippen molar-refractivity contribution in [3.63, 3.8) is 0 Å². The van der Waals surface area contributed by atoms with E-state index < -0.39 is 17.7 Å². The number of hydrogen-bond acceptors (Lipinski definition) is 6. The normalized spacial score (nSPS) is 17.2. The van der Waals surface area contributed by atoms with Crippen molar-refractivity contribution in [3.05, 3.63) is 88.5 Å². The highest BCUT2D eigenvalue weighted by atomic mass is 16.5. The third kappa shape index (κ3) is 3.75. The number of carbonyl (C=O) groups is 2. The fraction of sp³-hybridized carbons (Fsp3) is 0.185. The van der Waals surface area contributed by atoms with Crippen LogP contribution in [0.2, 0.25) is 0 Å². The van der Waals surface area contributed by atoms with Gasteiger partial charge in [0.15, 0.2) is 0 Å². The van der Waals surface area contributed by atoms with Crippen LogP contribution in [-0.2, 0) is 9.59 Å². The highest BCUT2D eigenvalue weighted by molar-refractivity contribution is 6.52. The number of anilines is 1. The molecule has 1 aliphatic heterocycles. The summed E-state index contributed by atoms with van der Waals surface area (Å²) in [6, 6.07) is 15.7. The first-order valence-electron chi connectivity index (χ1n) is 10.7. The van der Waals surface area contributed by atoms with Gasteiger partial charge in [0.25, 0.3) is 11.7 Å². The Morgan fingerprint density at radius 1 is 0.941 bits per heavy atom. The van der Waals surface area contributed by atoms with Crippen LogP contribution in [0.1, 0.15) is 28.3 Å². The van der Waals surface area contributed by atoms with E-state index in [0.717, 1.165) is 11.1 Å². The van der Waals surface area contributed by atoms with Crippen LogP contribution < -0.4 is 14.4 Å². The Labute approximate surface area is 197 Å². The molecule has 3 aromatic rings. The number of para-hydroxylation sites is 2. The van der Waals surface area contributed by atoms with Gasteiger partial charge in [-0.3, -0.25) is 14.5 Å². The van der Waals surface area contributed by atoms with Gasteiger partial charge in [-0.15, -0.1) is 0 Å². The van der Waals surface area contributed by atoms with Crippen molar-refractivity contribution in [3.8, 4) is 17.2 Å². The molecular weight excluding hydrogens is 434 g/mol. The lowest BCUT2D eigenvalue weighted by atomic mass is 9.93. The monoisotopic (exact) mass is 459 g/mol. The molecule has 174 valence electrons. The Morgan fingerprint density at radius 3 is 2.24 bits per heavy atom. The van der Waals surface area contributed by atoms with E-state index in [1.54, 1.807) is 48.5 Å². The van der Waals surface area contributed by atoms with E-state index in [9.17, 15) is 19.8 Å². The smallest absolute Gasteiger partial charge is 0.300 e. The zero-order valence-corrected chi connectivity index (χ0v) is 19.3. The van der Waals surface area contributed by atoms with Gasteiger partial charge in [-0.05, 0) is 60.9 Å². The van der Waals surface area contributed by atoms with Crippen molar-refractivity contribution in [2.24, 2.45) is 0 Å². The molecule has 1 atom stereocenters. The predicted molar refractivity (Wildman–Crippen MR) is 128 cm³/mol. The van der Waals surface area contributed by atoms with Crippen LogP contribution in [-0.4, -0.2) is 36.1 Å². The number of hydrogen-bond donors (Lipinski definition) is 2. The second-order valence-electron chi connectivity index (χ2n) is 8.09. The minimum Gasteiger partial charge on any atom is -0.507 e. The Kier molecular flexibility index (Phi) is 6.03. The minimum absolute atomic E-state index is 0.0956. The topological polar surface area (TPSA) is 96.3 Å². The van der Waals surface area contributed by atoms with Crippen molar-refractivity contribution in [2.45, 2.75) is 19.9 Å². The summed E-state index contributed by atoms with van der Waals surface area (Å²) in [4.78, 5) is 27.8. The number of ether oxygens (including phenoxy) is 2. The van der Waals surface area contributed by atoms with Gasteiger partial charge in [0.05, 0.1) is 37.1 Å². The second-order valence-corrected chi connectivity index (χ2v) is 8.09. The third-order valence-corrected chi connectivity index (χ3v) is 5.90. The fourth-order valence-electron chi connectivity index (χ4n) is 4.40. The molecule has 1 amide bonds. The van der Waals surface area contributed by atoms with Crippen molar-refractivity contribution in [2.75, 3.05) is 19.1 Å². The molecule has 0 aliphatic carbocycles. The number of aryl methyl sites for hydroxylation is 2. The van der Waals surface area contributed by atoms with E-state index in [1.165, 1.54) is 25.2 Å². The molecule has 0 radical (unpaired) electrons. The Balaban J connectivity index is 2.01. The number of carbonyl (C=O) groups excluding carboxylic acids is 2. The third-order valence-electron chi connectivity index (χ3n) is 5.90. The number of ketones is 1. The lowest BCUT2D eigenvalue weighted by Crippen LogP contribution is -2.29. The van der Waals surface area contributed by atoms with Crippen LogP contribution in [0.3, 0.4) is 0 Å². The molecule has 0 aromatic heterocycles. The molecule has 3 aromatic carbocycles. The summed E-state index contributed by atoms with van der Waals surface area (Å²) in [7, 11) is 3.02. The van der Waals surface area contributed by atoms with Gasteiger partial charge < -0.3 is 19.7 Å². The van der Waals surface area contributed by atoms with Crippen LogP contribution in [0.15, 0.2) is 66.2 Å². The predicted octanol–water partition coefficient (Wildman–Crippen LogP) is 4.65. The van der Waals surface area contributed by atoms with Crippen LogP contribution in [0.25, 0.3) is 5.76 Å². The molecule has 4 rings (SSSR count). The number of aromatic hydroxyl groups is 1. The maximum atomic E-state index is 13.3. The molecule has 0 bridgehead atoms. The Bertz CT molecular complexity index is 1310. The van der Waals surface area contributed by atoms with Crippen LogP contribution in [0.5, 0.6) is 17.2 Å². The van der Waals surface area contributed by atoms with E-state index in [2.05, 4.69) is 0 Å². The zero-order chi connectivity index (χ0) is 24.6. The second kappa shape index (κ2) is 8.94. The molecule has 0 spiro atoms. The molecule has 1 unspecified atom stereocenters. The van der Waals surface area contributed by atoms with E-state index in [-0.39, 0.29) is 22.8 Å². The number of aliphatic hydroxyl groups is 1. The summed E-state index contributed by atoms with van der Waals surface area (Å²) in [5, 5.41) is 21.9. The van der Waals surface area contributed by atoms with E-state index in [4.69, 9.17) is 9.47 Å². The standard InChI is InChI=1S/C27H25NO6/c1-15-13-16(2)26(34-4)19(14-15)24(30)22-23(17-9-11-18(33-3)12-10-17)28(27(32)25(22)31)20-7-5-6-8-21(20)29/h5-14,23,29-30H,1-4H3/b24-22+. The minimum atomic E-state index is -0.982. The zero-order valence-electron chi connectivity index (χ0n) is 19.3. The highest BCUT2D eigenvalue weighted by Crippen LogP contribution is 2.46. The van der Waals surface area contributed by atoms with Gasteiger partial charge in [0.1, 0.15) is 23.0 Å². The molecule has 7 nitrogen and oxygen atoms in total. The molecule has 1 aliphatic rings. The summed E-state index contributed by atoms with van der Waals surface area (Å²) in [5.74, 6) is -1.22. The number of phenols is 1. The van der Waals surface area contributed by atoms with Crippen LogP contribution >= 0.6 is 0 Å². The number of Topliss-reactive ketones (excluding diaryl/α,β-unsaturated/α-hetero) is 1. The number of benzene rings is 3. The fourth-order valence-corrected chi connectivity index (χ4v) is 4.40. The van der Waals surface area contributed by atoms with Gasteiger partial charge in [-0.1, -0.05) is 30.3 Å². The number of aliphatic hydroxyl groups excluding tert-OH is 1. The first kappa shape index (κ1) is 22.9. The summed E-state index contributed by atoms with van der Waals surface area (Å²) in [6.07, 6.45) is 0. The molecular formula is C27H25NO6. The molecule has 1 heterocycles. The van der Waals surface area contributed by atoms with E-state index >= 15 is 0 Å². The van der Waals surface area contributed by atoms with Crippen molar-refractivity contribution < 1.29 is 29.3 Å². The van der Waals surface area contributed by atoms with Gasteiger partial charge in [0, 0.05) is 0 Å². The number of amides is 1. The first-order valence-corrected chi connectivity index (χ1v) is 10.7. The maximum absolute atomic E-state index is 13.3. The number of nitrogens with zero attached hydrogens (tertiary/aromatic N) is 1. The maximum Gasteiger partial charge on any atom is 0.300 e. The summed E-state index contributed by atoms with van der Waals surface area (Å²) >= 11 is 0. The Morgan fingerprint density at radius 2 is 1.62 bits per heavy atom. The summed E-state index contributed by atoms with van der Waals surface area (Å²) in [5.41, 5.74) is 2.58. The molecule has 0 saturated carbocycles. The van der Waals surface area contributed by atoms with E-state index in [0.29, 0.717) is 22.6 Å². The lowest BCUT2D eigenvalue weighted by molar-refractivity contribution is -0.132. The van der Waals surface area contributed by atoms with Crippen molar-refractivity contribution >= 4 is 23.1 Å². The van der Waals surface area contributed by atoms with Gasteiger partial charge in [-0.25, -0.2) is 0 Å². The van der Waals surface area contributed by atoms with Crippen LogP contribution in [0.4, 0.5) is 5.69 Å². The molecule has 7 heteroatoms. The number of rotatable bonds is 5. The highest BCUT2D eigenvalue weighted by Gasteiger charge is 2.48.